The van der Waals surface area contributed by atoms with Gasteiger partial charge in [0.2, 0.25) is 5.88 Å². The van der Waals surface area contributed by atoms with E-state index in [9.17, 15) is 5.11 Å². The summed E-state index contributed by atoms with van der Waals surface area (Å²) in [6, 6.07) is 8.76. The minimum absolute atomic E-state index is 0.168. The molecule has 4 rings (SSSR count). The minimum atomic E-state index is 0.168. The van der Waals surface area contributed by atoms with Crippen molar-refractivity contribution < 1.29 is 5.11 Å². The second-order valence-corrected chi connectivity index (χ2v) is 7.72. The number of rotatable bonds is 4. The molecule has 126 valence electrons. The highest BCUT2D eigenvalue weighted by Crippen LogP contribution is 2.33. The highest BCUT2D eigenvalue weighted by molar-refractivity contribution is 7.15. The van der Waals surface area contributed by atoms with Gasteiger partial charge in [-0.15, -0.1) is 0 Å². The van der Waals surface area contributed by atoms with Gasteiger partial charge >= 0.3 is 0 Å². The number of aromatic hydroxyl groups is 1. The van der Waals surface area contributed by atoms with E-state index in [1.54, 1.807) is 11.3 Å². The van der Waals surface area contributed by atoms with Crippen LogP contribution in [0.1, 0.15) is 49.0 Å². The lowest BCUT2D eigenvalue weighted by atomic mass is 10.1. The molecule has 0 aliphatic heterocycles. The number of para-hydroxylation sites is 1. The molecular weight excluding hydrogens is 318 g/mol. The maximum atomic E-state index is 10.2. The largest absolute Gasteiger partial charge is 0.492 e. The minimum Gasteiger partial charge on any atom is -0.492 e. The SMILES string of the molecule is Oc1nc(NC2CCCCCC2)sc1Cc1c[nH]c2ccccc12. The van der Waals surface area contributed by atoms with Crippen molar-refractivity contribution in [3.63, 3.8) is 0 Å². The summed E-state index contributed by atoms with van der Waals surface area (Å²) < 4.78 is 0. The van der Waals surface area contributed by atoms with Crippen molar-refractivity contribution in [2.24, 2.45) is 0 Å². The quantitative estimate of drug-likeness (QED) is 0.582. The highest BCUT2D eigenvalue weighted by atomic mass is 32.1. The second-order valence-electron chi connectivity index (χ2n) is 6.63. The predicted octanol–water partition coefficient (Wildman–Crippen LogP) is 5.06. The molecule has 3 aromatic rings. The summed E-state index contributed by atoms with van der Waals surface area (Å²) in [6.45, 7) is 0. The number of aromatic amines is 1. The van der Waals surface area contributed by atoms with Crippen molar-refractivity contribution in [1.29, 1.82) is 0 Å². The fourth-order valence-corrected chi connectivity index (χ4v) is 4.53. The number of nitrogens with zero attached hydrogens (tertiary/aromatic N) is 1. The van der Waals surface area contributed by atoms with Crippen molar-refractivity contribution in [1.82, 2.24) is 9.97 Å². The third-order valence-corrected chi connectivity index (χ3v) is 5.86. The van der Waals surface area contributed by atoms with Crippen LogP contribution in [0.25, 0.3) is 10.9 Å². The molecular formula is C19H23N3OS. The predicted molar refractivity (Wildman–Crippen MR) is 100.0 cm³/mol. The Hall–Kier alpha value is -2.01. The van der Waals surface area contributed by atoms with Crippen molar-refractivity contribution in [2.45, 2.75) is 51.0 Å². The summed E-state index contributed by atoms with van der Waals surface area (Å²) >= 11 is 1.58. The molecule has 4 nitrogen and oxygen atoms in total. The lowest BCUT2D eigenvalue weighted by Crippen LogP contribution is -2.17. The Balaban J connectivity index is 1.51. The maximum Gasteiger partial charge on any atom is 0.227 e. The van der Waals surface area contributed by atoms with Crippen LogP contribution in [0.4, 0.5) is 5.13 Å². The van der Waals surface area contributed by atoms with E-state index < -0.39 is 0 Å². The van der Waals surface area contributed by atoms with E-state index in [1.165, 1.54) is 49.5 Å². The van der Waals surface area contributed by atoms with Gasteiger partial charge in [-0.25, -0.2) is 0 Å². The van der Waals surface area contributed by atoms with Crippen LogP contribution in [0.15, 0.2) is 30.5 Å². The molecule has 5 heteroatoms. The number of fused-ring (bicyclic) bond motifs is 1. The molecule has 24 heavy (non-hydrogen) atoms. The molecule has 0 atom stereocenters. The van der Waals surface area contributed by atoms with Gasteiger partial charge in [-0.1, -0.05) is 55.2 Å². The lowest BCUT2D eigenvalue weighted by molar-refractivity contribution is 0.452. The zero-order valence-corrected chi connectivity index (χ0v) is 14.5. The Kier molecular flexibility index (Phi) is 4.43. The Morgan fingerprint density at radius 3 is 2.79 bits per heavy atom. The standard InChI is InChI=1S/C19H23N3OS/c23-18-17(11-13-12-20-16-10-6-5-9-15(13)16)24-19(22-18)21-14-7-3-1-2-4-8-14/h5-6,9-10,12,14,20,23H,1-4,7-8,11H2,(H,21,22). The topological polar surface area (TPSA) is 60.9 Å². The van der Waals surface area contributed by atoms with E-state index in [-0.39, 0.29) is 5.88 Å². The zero-order valence-electron chi connectivity index (χ0n) is 13.7. The van der Waals surface area contributed by atoms with Gasteiger partial charge in [-0.3, -0.25) is 0 Å². The Morgan fingerprint density at radius 1 is 1.17 bits per heavy atom. The first-order valence-corrected chi connectivity index (χ1v) is 9.61. The Bertz CT molecular complexity index is 815. The number of H-pyrrole nitrogens is 1. The summed E-state index contributed by atoms with van der Waals surface area (Å²) in [5, 5.41) is 15.8. The van der Waals surface area contributed by atoms with E-state index in [0.717, 1.165) is 15.5 Å². The van der Waals surface area contributed by atoms with Gasteiger partial charge < -0.3 is 15.4 Å². The fourth-order valence-electron chi connectivity index (χ4n) is 3.57. The average Bonchev–Trinajstić information content (AvgIpc) is 3.03. The molecule has 3 N–H and O–H groups in total. The van der Waals surface area contributed by atoms with Gasteiger partial charge in [-0.2, -0.15) is 4.98 Å². The number of nitrogens with one attached hydrogen (secondary N) is 2. The molecule has 0 unspecified atom stereocenters. The summed E-state index contributed by atoms with van der Waals surface area (Å²) in [6.07, 6.45) is 10.4. The number of hydrogen-bond donors (Lipinski definition) is 3. The van der Waals surface area contributed by atoms with Gasteiger partial charge in [0.15, 0.2) is 5.13 Å². The zero-order chi connectivity index (χ0) is 16.4. The van der Waals surface area contributed by atoms with E-state index in [0.29, 0.717) is 12.5 Å². The molecule has 1 fully saturated rings. The molecule has 1 aliphatic rings. The van der Waals surface area contributed by atoms with E-state index >= 15 is 0 Å². The first-order chi connectivity index (χ1) is 11.8. The molecule has 1 saturated carbocycles. The van der Waals surface area contributed by atoms with Gasteiger partial charge in [0.25, 0.3) is 0 Å². The van der Waals surface area contributed by atoms with Crippen molar-refractivity contribution in [2.75, 3.05) is 5.32 Å². The van der Waals surface area contributed by atoms with Gasteiger partial charge in [0, 0.05) is 29.6 Å². The molecule has 2 heterocycles. The van der Waals surface area contributed by atoms with Crippen LogP contribution in [0, 0.1) is 0 Å². The molecule has 2 aromatic heterocycles. The summed E-state index contributed by atoms with van der Waals surface area (Å²) in [4.78, 5) is 8.57. The monoisotopic (exact) mass is 341 g/mol. The molecule has 0 amide bonds. The maximum absolute atomic E-state index is 10.2. The highest BCUT2D eigenvalue weighted by Gasteiger charge is 2.17. The molecule has 0 radical (unpaired) electrons. The molecule has 0 spiro atoms. The number of benzene rings is 1. The summed E-state index contributed by atoms with van der Waals surface area (Å²) in [7, 11) is 0. The van der Waals surface area contributed by atoms with Crippen LogP contribution in [-0.2, 0) is 6.42 Å². The van der Waals surface area contributed by atoms with Gasteiger partial charge in [0.05, 0.1) is 4.88 Å². The van der Waals surface area contributed by atoms with Crippen LogP contribution in [0.2, 0.25) is 0 Å². The van der Waals surface area contributed by atoms with Crippen molar-refractivity contribution >= 4 is 27.4 Å². The molecule has 1 aromatic carbocycles. The summed E-state index contributed by atoms with van der Waals surface area (Å²) in [5.41, 5.74) is 2.33. The Labute approximate surface area is 145 Å². The number of anilines is 1. The van der Waals surface area contributed by atoms with E-state index in [4.69, 9.17) is 0 Å². The first kappa shape index (κ1) is 15.5. The average molecular weight is 341 g/mol. The van der Waals surface area contributed by atoms with Crippen LogP contribution < -0.4 is 5.32 Å². The second kappa shape index (κ2) is 6.85. The smallest absolute Gasteiger partial charge is 0.227 e. The van der Waals surface area contributed by atoms with Crippen LogP contribution in [0.5, 0.6) is 5.88 Å². The van der Waals surface area contributed by atoms with Crippen molar-refractivity contribution in [3.8, 4) is 5.88 Å². The van der Waals surface area contributed by atoms with E-state index in [1.807, 2.05) is 18.3 Å². The van der Waals surface area contributed by atoms with Crippen molar-refractivity contribution in [3.05, 3.63) is 40.9 Å². The number of aromatic nitrogens is 2. The molecule has 0 saturated heterocycles. The van der Waals surface area contributed by atoms with Crippen LogP contribution >= 0.6 is 11.3 Å². The Morgan fingerprint density at radius 2 is 1.96 bits per heavy atom. The van der Waals surface area contributed by atoms with Crippen LogP contribution in [-0.4, -0.2) is 21.1 Å². The van der Waals surface area contributed by atoms with Gasteiger partial charge in [0.1, 0.15) is 0 Å². The summed E-state index contributed by atoms with van der Waals surface area (Å²) in [5.74, 6) is 0.168. The third-order valence-electron chi connectivity index (χ3n) is 4.89. The number of hydrogen-bond acceptors (Lipinski definition) is 4. The first-order valence-electron chi connectivity index (χ1n) is 8.80. The third kappa shape index (κ3) is 3.26. The molecule has 1 aliphatic carbocycles. The normalized spacial score (nSPS) is 16.3. The fraction of sp³-hybridized carbons (Fsp3) is 0.421. The van der Waals surface area contributed by atoms with Crippen LogP contribution in [0.3, 0.4) is 0 Å². The van der Waals surface area contributed by atoms with E-state index in [2.05, 4.69) is 27.4 Å². The van der Waals surface area contributed by atoms with Gasteiger partial charge in [-0.05, 0) is 24.5 Å². The molecule has 0 bridgehead atoms. The lowest BCUT2D eigenvalue weighted by Gasteiger charge is -2.14. The number of thiazole rings is 1.